The van der Waals surface area contributed by atoms with Gasteiger partial charge in [-0.05, 0) is 13.3 Å². The molecule has 1 unspecified atom stereocenters. The zero-order chi connectivity index (χ0) is 9.61. The van der Waals surface area contributed by atoms with E-state index in [1.807, 2.05) is 12.3 Å². The third kappa shape index (κ3) is 3.43. The Morgan fingerprint density at radius 1 is 1.67 bits per heavy atom. The summed E-state index contributed by atoms with van der Waals surface area (Å²) in [7, 11) is 0. The van der Waals surface area contributed by atoms with Crippen LogP contribution >= 0.6 is 0 Å². The lowest BCUT2D eigenvalue weighted by molar-refractivity contribution is -0.150. The number of nitrogens with two attached hydrogens (primary N) is 1. The maximum atomic E-state index is 10.9. The first-order chi connectivity index (χ1) is 5.54. The fraction of sp³-hybridized carbons (Fsp3) is 0.857. The van der Waals surface area contributed by atoms with Gasteiger partial charge < -0.3 is 5.73 Å². The van der Waals surface area contributed by atoms with Crippen LogP contribution in [0.15, 0.2) is 5.34 Å². The molecule has 5 nitrogen and oxygen atoms in total. The van der Waals surface area contributed by atoms with Gasteiger partial charge in [-0.15, -0.1) is 4.91 Å². The topological polar surface area (TPSA) is 81.8 Å². The number of carbonyl (C=O) groups excluding carboxylic acids is 1. The third-order valence-electron chi connectivity index (χ3n) is 1.64. The molecule has 2 N–H and O–H groups in total. The van der Waals surface area contributed by atoms with Gasteiger partial charge in [0.05, 0.1) is 0 Å². The molecule has 0 aromatic heterocycles. The molecule has 0 bridgehead atoms. The van der Waals surface area contributed by atoms with Crippen molar-refractivity contribution in [3.05, 3.63) is 4.91 Å². The Labute approximate surface area is 71.2 Å². The minimum Gasteiger partial charge on any atom is -0.316 e. The van der Waals surface area contributed by atoms with Gasteiger partial charge in [-0.3, -0.25) is 4.84 Å². The Balaban J connectivity index is 3.99. The third-order valence-corrected chi connectivity index (χ3v) is 1.64. The number of carbonyl (C=O) groups is 1. The minimum atomic E-state index is -1.09. The molecule has 0 aromatic carbocycles. The van der Waals surface area contributed by atoms with Crippen molar-refractivity contribution >= 4 is 5.97 Å². The lowest BCUT2D eigenvalue weighted by atomic mass is 9.97. The van der Waals surface area contributed by atoms with Gasteiger partial charge in [0.15, 0.2) is 5.34 Å². The number of unbranched alkanes of at least 4 members (excludes halogenated alkanes) is 1. The molecule has 12 heavy (non-hydrogen) atoms. The molecule has 0 fully saturated rings. The quantitative estimate of drug-likeness (QED) is 0.500. The molecule has 0 saturated heterocycles. The van der Waals surface area contributed by atoms with Crippen LogP contribution in [0.5, 0.6) is 0 Å². The predicted octanol–water partition coefficient (Wildman–Crippen LogP) is 1.12. The van der Waals surface area contributed by atoms with E-state index < -0.39 is 11.5 Å². The summed E-state index contributed by atoms with van der Waals surface area (Å²) in [6, 6.07) is 0. The van der Waals surface area contributed by atoms with Crippen molar-refractivity contribution in [2.75, 3.05) is 0 Å². The van der Waals surface area contributed by atoms with Crippen LogP contribution in [0, 0.1) is 4.91 Å². The van der Waals surface area contributed by atoms with E-state index in [1.54, 1.807) is 0 Å². The fourth-order valence-corrected chi connectivity index (χ4v) is 0.784. The Bertz CT molecular complexity index is 168. The van der Waals surface area contributed by atoms with Crippen LogP contribution in [-0.4, -0.2) is 11.5 Å². The molecule has 0 aliphatic carbocycles. The van der Waals surface area contributed by atoms with E-state index in [1.165, 1.54) is 6.92 Å². The summed E-state index contributed by atoms with van der Waals surface area (Å²) in [4.78, 5) is 24.4. The van der Waals surface area contributed by atoms with E-state index in [0.29, 0.717) is 6.42 Å². The first-order valence-electron chi connectivity index (χ1n) is 3.87. The van der Waals surface area contributed by atoms with Crippen molar-refractivity contribution in [1.29, 1.82) is 0 Å². The lowest BCUT2D eigenvalue weighted by Gasteiger charge is -2.18. The molecule has 0 heterocycles. The molecular formula is C7H14N2O3. The van der Waals surface area contributed by atoms with Crippen LogP contribution in [0.25, 0.3) is 0 Å². The van der Waals surface area contributed by atoms with Crippen LogP contribution in [0.2, 0.25) is 0 Å². The van der Waals surface area contributed by atoms with Gasteiger partial charge >= 0.3 is 5.97 Å². The maximum Gasteiger partial charge on any atom is 0.357 e. The van der Waals surface area contributed by atoms with E-state index in [2.05, 4.69) is 4.84 Å². The van der Waals surface area contributed by atoms with Crippen LogP contribution < -0.4 is 5.73 Å². The van der Waals surface area contributed by atoms with Gasteiger partial charge in [0, 0.05) is 0 Å². The summed E-state index contributed by atoms with van der Waals surface area (Å²) < 4.78 is 0. The molecule has 5 heteroatoms. The van der Waals surface area contributed by atoms with E-state index >= 15 is 0 Å². The van der Waals surface area contributed by atoms with Crippen molar-refractivity contribution in [2.45, 2.75) is 38.6 Å². The summed E-state index contributed by atoms with van der Waals surface area (Å²) >= 11 is 0. The Morgan fingerprint density at radius 2 is 2.25 bits per heavy atom. The molecule has 0 aliphatic heterocycles. The van der Waals surface area contributed by atoms with Gasteiger partial charge in [0.2, 0.25) is 0 Å². The van der Waals surface area contributed by atoms with Crippen molar-refractivity contribution in [1.82, 2.24) is 0 Å². The maximum absolute atomic E-state index is 10.9. The molecule has 0 rings (SSSR count). The molecule has 0 saturated carbocycles. The van der Waals surface area contributed by atoms with Gasteiger partial charge in [-0.25, -0.2) is 4.79 Å². The lowest BCUT2D eigenvalue weighted by Crippen LogP contribution is -2.45. The van der Waals surface area contributed by atoms with Crippen LogP contribution in [0.3, 0.4) is 0 Å². The van der Waals surface area contributed by atoms with Crippen molar-refractivity contribution in [3.63, 3.8) is 0 Å². The van der Waals surface area contributed by atoms with Gasteiger partial charge in [-0.2, -0.15) is 0 Å². The van der Waals surface area contributed by atoms with Crippen molar-refractivity contribution in [3.8, 4) is 0 Å². The molecule has 0 aliphatic rings. The van der Waals surface area contributed by atoms with Crippen molar-refractivity contribution < 1.29 is 9.63 Å². The molecule has 0 aromatic rings. The molecule has 0 spiro atoms. The molecule has 70 valence electrons. The van der Waals surface area contributed by atoms with Gasteiger partial charge in [0.25, 0.3) is 0 Å². The second-order valence-electron chi connectivity index (χ2n) is 2.97. The Hall–Kier alpha value is -0.970. The minimum absolute atomic E-state index is 0.498. The average Bonchev–Trinajstić information content (AvgIpc) is 2.01. The van der Waals surface area contributed by atoms with E-state index in [-0.39, 0.29) is 0 Å². The Morgan fingerprint density at radius 3 is 2.67 bits per heavy atom. The van der Waals surface area contributed by atoms with E-state index in [0.717, 1.165) is 12.8 Å². The van der Waals surface area contributed by atoms with Gasteiger partial charge in [0.1, 0.15) is 5.54 Å². The zero-order valence-corrected chi connectivity index (χ0v) is 7.37. The van der Waals surface area contributed by atoms with E-state index in [4.69, 9.17) is 5.73 Å². The fourth-order valence-electron chi connectivity index (χ4n) is 0.784. The zero-order valence-electron chi connectivity index (χ0n) is 7.37. The summed E-state index contributed by atoms with van der Waals surface area (Å²) in [5, 5.41) is 2.03. The highest BCUT2D eigenvalue weighted by Gasteiger charge is 2.30. The largest absolute Gasteiger partial charge is 0.357 e. The standard InChI is InChI=1S/C7H14N2O3/c1-3-4-5-7(2,8)6(10)12-9-11/h3-5,8H2,1-2H3. The predicted molar refractivity (Wildman–Crippen MR) is 44.0 cm³/mol. The van der Waals surface area contributed by atoms with Crippen molar-refractivity contribution in [2.24, 2.45) is 11.1 Å². The number of rotatable bonds is 5. The molecule has 1 atom stereocenters. The number of nitrogens with zero attached hydrogens (tertiary/aromatic N) is 1. The second kappa shape index (κ2) is 4.82. The van der Waals surface area contributed by atoms with Crippen LogP contribution in [0.4, 0.5) is 0 Å². The smallest absolute Gasteiger partial charge is 0.316 e. The molecular weight excluding hydrogens is 160 g/mol. The summed E-state index contributed by atoms with van der Waals surface area (Å²) in [5.74, 6) is -0.772. The Kier molecular flexibility index (Phi) is 4.43. The van der Waals surface area contributed by atoms with E-state index in [9.17, 15) is 9.70 Å². The number of hydrogen-bond donors (Lipinski definition) is 1. The first-order valence-corrected chi connectivity index (χ1v) is 3.87. The normalized spacial score (nSPS) is 14.9. The highest BCUT2D eigenvalue weighted by molar-refractivity contribution is 5.79. The summed E-state index contributed by atoms with van der Waals surface area (Å²) in [5.41, 5.74) is 4.47. The molecule has 0 radical (unpaired) electrons. The number of hydrogen-bond acceptors (Lipinski definition) is 5. The van der Waals surface area contributed by atoms with Crippen LogP contribution in [-0.2, 0) is 9.63 Å². The monoisotopic (exact) mass is 174 g/mol. The first kappa shape index (κ1) is 11.0. The summed E-state index contributed by atoms with van der Waals surface area (Å²) in [6.45, 7) is 3.51. The summed E-state index contributed by atoms with van der Waals surface area (Å²) in [6.07, 6.45) is 2.26. The highest BCUT2D eigenvalue weighted by Crippen LogP contribution is 2.12. The van der Waals surface area contributed by atoms with Gasteiger partial charge in [-0.1, -0.05) is 19.8 Å². The highest BCUT2D eigenvalue weighted by atomic mass is 16.7. The SMILES string of the molecule is CCCCC(C)(N)C(=O)ON=O. The van der Waals surface area contributed by atoms with Crippen LogP contribution in [0.1, 0.15) is 33.1 Å². The second-order valence-corrected chi connectivity index (χ2v) is 2.97. The average molecular weight is 174 g/mol. The molecule has 0 amide bonds.